The first-order valence-electron chi connectivity index (χ1n) is 8.12. The molecule has 1 aliphatic rings. The number of hydrazine groups is 1. The molecule has 1 fully saturated rings. The van der Waals surface area contributed by atoms with E-state index in [9.17, 15) is 0 Å². The van der Waals surface area contributed by atoms with Crippen LogP contribution in [0.25, 0.3) is 0 Å². The molecule has 3 N–H and O–H groups in total. The number of unbranched alkanes of at least 4 members (excludes halogenated alkanes) is 1. The van der Waals surface area contributed by atoms with Crippen LogP contribution in [-0.4, -0.2) is 4.98 Å². The van der Waals surface area contributed by atoms with E-state index < -0.39 is 0 Å². The zero-order chi connectivity index (χ0) is 14.4. The smallest absolute Gasteiger partial charge is 0.0503 e. The lowest BCUT2D eigenvalue weighted by Gasteiger charge is -2.33. The molecule has 0 aliphatic heterocycles. The summed E-state index contributed by atoms with van der Waals surface area (Å²) < 4.78 is 0. The third-order valence-corrected chi connectivity index (χ3v) is 4.76. The second kappa shape index (κ2) is 7.75. The number of nitrogens with one attached hydrogen (secondary N) is 1. The Morgan fingerprint density at radius 3 is 2.65 bits per heavy atom. The van der Waals surface area contributed by atoms with Crippen LogP contribution in [0.1, 0.15) is 69.0 Å². The van der Waals surface area contributed by atoms with Crippen molar-refractivity contribution in [2.45, 2.75) is 64.8 Å². The molecule has 0 saturated heterocycles. The van der Waals surface area contributed by atoms with E-state index >= 15 is 0 Å². The number of rotatable bonds is 6. The minimum Gasteiger partial charge on any atom is -0.271 e. The van der Waals surface area contributed by atoms with Gasteiger partial charge in [0.15, 0.2) is 0 Å². The van der Waals surface area contributed by atoms with Gasteiger partial charge in [-0.15, -0.1) is 0 Å². The van der Waals surface area contributed by atoms with Gasteiger partial charge in [-0.1, -0.05) is 45.1 Å². The zero-order valence-corrected chi connectivity index (χ0v) is 12.9. The van der Waals surface area contributed by atoms with E-state index in [4.69, 9.17) is 5.84 Å². The zero-order valence-electron chi connectivity index (χ0n) is 12.9. The Hall–Kier alpha value is -0.930. The van der Waals surface area contributed by atoms with Crippen LogP contribution in [0.15, 0.2) is 18.5 Å². The molecule has 1 aromatic heterocycles. The van der Waals surface area contributed by atoms with Crippen LogP contribution in [0, 0.1) is 18.8 Å². The average molecular weight is 275 g/mol. The summed E-state index contributed by atoms with van der Waals surface area (Å²) in [6.45, 7) is 4.37. The molecule has 2 rings (SSSR count). The summed E-state index contributed by atoms with van der Waals surface area (Å²) in [5.41, 5.74) is 5.48. The highest BCUT2D eigenvalue weighted by molar-refractivity contribution is 5.20. The van der Waals surface area contributed by atoms with E-state index in [2.05, 4.69) is 30.3 Å². The number of hydrogen-bond acceptors (Lipinski definition) is 3. The van der Waals surface area contributed by atoms with Crippen molar-refractivity contribution < 1.29 is 0 Å². The molecular formula is C17H29N3. The molecule has 0 bridgehead atoms. The molecule has 1 saturated carbocycles. The molecule has 1 aromatic rings. The Labute approximate surface area is 123 Å². The van der Waals surface area contributed by atoms with Crippen LogP contribution >= 0.6 is 0 Å². The minimum absolute atomic E-state index is 0.259. The van der Waals surface area contributed by atoms with Gasteiger partial charge in [0, 0.05) is 12.4 Å². The molecule has 1 heterocycles. The fourth-order valence-corrected chi connectivity index (χ4v) is 3.56. The van der Waals surface area contributed by atoms with Crippen molar-refractivity contribution in [1.29, 1.82) is 0 Å². The molecule has 3 heteroatoms. The van der Waals surface area contributed by atoms with Crippen molar-refractivity contribution in [2.24, 2.45) is 17.7 Å². The van der Waals surface area contributed by atoms with Crippen LogP contribution in [0.5, 0.6) is 0 Å². The standard InChI is InChI=1S/C17H29N3/c1-3-4-5-14-6-8-15(9-7-14)17(20-18)16-10-13(2)11-19-12-16/h10-12,14-15,17,20H,3-9,18H2,1-2H3. The predicted octanol–water partition coefficient (Wildman–Crippen LogP) is 3.89. The first-order chi connectivity index (χ1) is 9.74. The second-order valence-electron chi connectivity index (χ2n) is 6.36. The molecule has 1 unspecified atom stereocenters. The molecule has 0 radical (unpaired) electrons. The molecule has 20 heavy (non-hydrogen) atoms. The molecule has 1 aliphatic carbocycles. The monoisotopic (exact) mass is 275 g/mol. The maximum Gasteiger partial charge on any atom is 0.0503 e. The van der Waals surface area contributed by atoms with Gasteiger partial charge in [-0.3, -0.25) is 16.3 Å². The van der Waals surface area contributed by atoms with Gasteiger partial charge >= 0.3 is 0 Å². The summed E-state index contributed by atoms with van der Waals surface area (Å²) >= 11 is 0. The first kappa shape index (κ1) is 15.5. The van der Waals surface area contributed by atoms with E-state index in [1.807, 2.05) is 12.4 Å². The van der Waals surface area contributed by atoms with Crippen molar-refractivity contribution in [2.75, 3.05) is 0 Å². The summed E-state index contributed by atoms with van der Waals surface area (Å²) in [6, 6.07) is 2.47. The van der Waals surface area contributed by atoms with Crippen LogP contribution in [0.2, 0.25) is 0 Å². The number of hydrogen-bond donors (Lipinski definition) is 2. The van der Waals surface area contributed by atoms with E-state index in [1.165, 1.54) is 56.1 Å². The predicted molar refractivity (Wildman–Crippen MR) is 84.0 cm³/mol. The van der Waals surface area contributed by atoms with Crippen LogP contribution in [-0.2, 0) is 0 Å². The molecule has 112 valence electrons. The van der Waals surface area contributed by atoms with E-state index in [0.717, 1.165) is 5.92 Å². The van der Waals surface area contributed by atoms with Gasteiger partial charge in [-0.05, 0) is 42.7 Å². The topological polar surface area (TPSA) is 50.9 Å². The lowest BCUT2D eigenvalue weighted by atomic mass is 9.75. The molecule has 3 nitrogen and oxygen atoms in total. The number of nitrogens with two attached hydrogens (primary N) is 1. The Bertz CT molecular complexity index is 397. The summed E-state index contributed by atoms with van der Waals surface area (Å²) in [4.78, 5) is 4.31. The highest BCUT2D eigenvalue weighted by atomic mass is 15.2. The molecule has 0 spiro atoms. The molecular weight excluding hydrogens is 246 g/mol. The lowest BCUT2D eigenvalue weighted by Crippen LogP contribution is -2.35. The Morgan fingerprint density at radius 2 is 2.05 bits per heavy atom. The van der Waals surface area contributed by atoms with Crippen molar-refractivity contribution in [3.8, 4) is 0 Å². The van der Waals surface area contributed by atoms with Gasteiger partial charge in [0.1, 0.15) is 0 Å². The third kappa shape index (κ3) is 4.03. The van der Waals surface area contributed by atoms with Crippen LogP contribution in [0.4, 0.5) is 0 Å². The normalized spacial score (nSPS) is 24.6. The molecule has 0 amide bonds. The van der Waals surface area contributed by atoms with Crippen molar-refractivity contribution in [3.05, 3.63) is 29.6 Å². The summed E-state index contributed by atoms with van der Waals surface area (Å²) in [5, 5.41) is 0. The number of aryl methyl sites for hydroxylation is 1. The Morgan fingerprint density at radius 1 is 1.30 bits per heavy atom. The summed E-state index contributed by atoms with van der Waals surface area (Å²) in [6.07, 6.45) is 13.3. The summed E-state index contributed by atoms with van der Waals surface area (Å²) in [7, 11) is 0. The fourth-order valence-electron chi connectivity index (χ4n) is 3.56. The van der Waals surface area contributed by atoms with Crippen LogP contribution in [0.3, 0.4) is 0 Å². The minimum atomic E-state index is 0.259. The van der Waals surface area contributed by atoms with Gasteiger partial charge in [-0.25, -0.2) is 0 Å². The van der Waals surface area contributed by atoms with Crippen molar-refractivity contribution in [3.63, 3.8) is 0 Å². The quantitative estimate of drug-likeness (QED) is 0.611. The highest BCUT2D eigenvalue weighted by Crippen LogP contribution is 2.38. The number of nitrogens with zero attached hydrogens (tertiary/aromatic N) is 1. The highest BCUT2D eigenvalue weighted by Gasteiger charge is 2.27. The number of aromatic nitrogens is 1. The average Bonchev–Trinajstić information content (AvgIpc) is 2.47. The van der Waals surface area contributed by atoms with E-state index in [0.29, 0.717) is 5.92 Å². The first-order valence-corrected chi connectivity index (χ1v) is 8.12. The SMILES string of the molecule is CCCCC1CCC(C(NN)c2cncc(C)c2)CC1. The maximum absolute atomic E-state index is 5.82. The number of pyridine rings is 1. The lowest BCUT2D eigenvalue weighted by molar-refractivity contribution is 0.213. The van der Waals surface area contributed by atoms with Gasteiger partial charge in [-0.2, -0.15) is 0 Å². The third-order valence-electron chi connectivity index (χ3n) is 4.76. The molecule has 0 aromatic carbocycles. The van der Waals surface area contributed by atoms with Crippen molar-refractivity contribution in [1.82, 2.24) is 10.4 Å². The van der Waals surface area contributed by atoms with Gasteiger partial charge in [0.05, 0.1) is 6.04 Å². The summed E-state index contributed by atoms with van der Waals surface area (Å²) in [5.74, 6) is 7.42. The molecule has 1 atom stereocenters. The van der Waals surface area contributed by atoms with Gasteiger partial charge < -0.3 is 0 Å². The van der Waals surface area contributed by atoms with Gasteiger partial charge in [0.2, 0.25) is 0 Å². The Balaban J connectivity index is 1.93. The van der Waals surface area contributed by atoms with E-state index in [-0.39, 0.29) is 6.04 Å². The van der Waals surface area contributed by atoms with Gasteiger partial charge in [0.25, 0.3) is 0 Å². The fraction of sp³-hybridized carbons (Fsp3) is 0.706. The van der Waals surface area contributed by atoms with Crippen molar-refractivity contribution >= 4 is 0 Å². The Kier molecular flexibility index (Phi) is 5.99. The van der Waals surface area contributed by atoms with E-state index in [1.54, 1.807) is 0 Å². The van der Waals surface area contributed by atoms with Crippen LogP contribution < -0.4 is 11.3 Å². The largest absolute Gasteiger partial charge is 0.271 e. The maximum atomic E-state index is 5.82. The second-order valence-corrected chi connectivity index (χ2v) is 6.36.